The molecule has 8 nitrogen and oxygen atoms in total. The standard InChI is InChI=1S/C20H26N4O4/c1-13(2)20-22-18(28-23-20)7-4-6-17(25)21-14-9-10-16(27-3)15(12-14)24-11-5-8-19(24)26/h9-10,12-13H,4-8,11H2,1-3H3,(H,21,25). The van der Waals surface area contributed by atoms with Gasteiger partial charge in [0.05, 0.1) is 12.8 Å². The molecule has 0 spiro atoms. The number of aromatic nitrogens is 2. The number of benzene rings is 1. The average molecular weight is 386 g/mol. The lowest BCUT2D eigenvalue weighted by atomic mass is 10.2. The third-order valence-corrected chi connectivity index (χ3v) is 4.62. The van der Waals surface area contributed by atoms with Crippen molar-refractivity contribution in [2.24, 2.45) is 0 Å². The van der Waals surface area contributed by atoms with Crippen LogP contribution in [0.4, 0.5) is 11.4 Å². The van der Waals surface area contributed by atoms with Crippen LogP contribution in [0.2, 0.25) is 0 Å². The van der Waals surface area contributed by atoms with Crippen LogP contribution in [0.25, 0.3) is 0 Å². The van der Waals surface area contributed by atoms with Crippen molar-refractivity contribution in [1.82, 2.24) is 10.1 Å². The highest BCUT2D eigenvalue weighted by molar-refractivity contribution is 5.98. The van der Waals surface area contributed by atoms with E-state index < -0.39 is 0 Å². The highest BCUT2D eigenvalue weighted by Gasteiger charge is 2.24. The van der Waals surface area contributed by atoms with Crippen molar-refractivity contribution < 1.29 is 18.8 Å². The van der Waals surface area contributed by atoms with Crippen molar-refractivity contribution in [2.75, 3.05) is 23.9 Å². The Balaban J connectivity index is 1.56. The predicted octanol–water partition coefficient (Wildman–Crippen LogP) is 3.29. The molecule has 0 saturated carbocycles. The van der Waals surface area contributed by atoms with Gasteiger partial charge in [0, 0.05) is 37.4 Å². The van der Waals surface area contributed by atoms with E-state index in [4.69, 9.17) is 9.26 Å². The number of carbonyl (C=O) groups excluding carboxylic acids is 2. The Labute approximate surface area is 164 Å². The Morgan fingerprint density at radius 1 is 1.39 bits per heavy atom. The first-order chi connectivity index (χ1) is 13.5. The van der Waals surface area contributed by atoms with Crippen molar-refractivity contribution in [3.63, 3.8) is 0 Å². The minimum atomic E-state index is -0.104. The third-order valence-electron chi connectivity index (χ3n) is 4.62. The van der Waals surface area contributed by atoms with Gasteiger partial charge in [-0.05, 0) is 31.0 Å². The number of ether oxygens (including phenoxy) is 1. The summed E-state index contributed by atoms with van der Waals surface area (Å²) in [6.07, 6.45) is 2.87. The molecule has 3 rings (SSSR count). The van der Waals surface area contributed by atoms with Crippen LogP contribution < -0.4 is 15.0 Å². The zero-order valence-electron chi connectivity index (χ0n) is 16.5. The molecule has 1 saturated heterocycles. The summed E-state index contributed by atoms with van der Waals surface area (Å²) < 4.78 is 10.6. The number of methoxy groups -OCH3 is 1. The number of nitrogens with zero attached hydrogens (tertiary/aromatic N) is 3. The number of anilines is 2. The van der Waals surface area contributed by atoms with Crippen molar-refractivity contribution in [3.05, 3.63) is 29.9 Å². The zero-order chi connectivity index (χ0) is 20.1. The molecular weight excluding hydrogens is 360 g/mol. The summed E-state index contributed by atoms with van der Waals surface area (Å²) in [5.74, 6) is 2.03. The van der Waals surface area contributed by atoms with Crippen molar-refractivity contribution in [1.29, 1.82) is 0 Å². The molecule has 2 aromatic rings. The van der Waals surface area contributed by atoms with Crippen LogP contribution in [0.5, 0.6) is 5.75 Å². The van der Waals surface area contributed by atoms with E-state index in [1.54, 1.807) is 30.2 Å². The lowest BCUT2D eigenvalue weighted by Gasteiger charge is -2.20. The van der Waals surface area contributed by atoms with Crippen LogP contribution >= 0.6 is 0 Å². The number of amides is 2. The summed E-state index contributed by atoms with van der Waals surface area (Å²) in [5.41, 5.74) is 1.33. The molecule has 1 aliphatic rings. The maximum absolute atomic E-state index is 12.3. The van der Waals surface area contributed by atoms with Crippen LogP contribution in [0.15, 0.2) is 22.7 Å². The molecule has 1 aromatic heterocycles. The fourth-order valence-corrected chi connectivity index (χ4v) is 3.11. The highest BCUT2D eigenvalue weighted by Crippen LogP contribution is 2.34. The van der Waals surface area contributed by atoms with E-state index in [9.17, 15) is 9.59 Å². The van der Waals surface area contributed by atoms with Gasteiger partial charge < -0.3 is 19.5 Å². The van der Waals surface area contributed by atoms with Gasteiger partial charge in [-0.2, -0.15) is 4.98 Å². The molecule has 1 fully saturated rings. The Kier molecular flexibility index (Phi) is 6.28. The summed E-state index contributed by atoms with van der Waals surface area (Å²) in [6.45, 7) is 4.66. The summed E-state index contributed by atoms with van der Waals surface area (Å²) in [4.78, 5) is 30.4. The number of rotatable bonds is 8. The van der Waals surface area contributed by atoms with Gasteiger partial charge in [-0.1, -0.05) is 19.0 Å². The Morgan fingerprint density at radius 3 is 2.86 bits per heavy atom. The molecule has 0 unspecified atom stereocenters. The minimum absolute atomic E-state index is 0.0714. The maximum Gasteiger partial charge on any atom is 0.227 e. The summed E-state index contributed by atoms with van der Waals surface area (Å²) in [5, 5.41) is 6.80. The molecule has 28 heavy (non-hydrogen) atoms. The van der Waals surface area contributed by atoms with Crippen LogP contribution in [0.1, 0.15) is 57.2 Å². The SMILES string of the molecule is COc1ccc(NC(=O)CCCc2nc(C(C)C)no2)cc1N1CCCC1=O. The first kappa shape index (κ1) is 19.9. The smallest absolute Gasteiger partial charge is 0.227 e. The first-order valence-corrected chi connectivity index (χ1v) is 9.58. The van der Waals surface area contributed by atoms with Crippen LogP contribution in [0, 0.1) is 0 Å². The van der Waals surface area contributed by atoms with E-state index in [0.29, 0.717) is 61.1 Å². The molecule has 0 aliphatic carbocycles. The Bertz CT molecular complexity index is 846. The quantitative estimate of drug-likeness (QED) is 0.748. The van der Waals surface area contributed by atoms with Crippen molar-refractivity contribution >= 4 is 23.2 Å². The zero-order valence-corrected chi connectivity index (χ0v) is 16.5. The molecule has 0 radical (unpaired) electrons. The van der Waals surface area contributed by atoms with Crippen LogP contribution in [-0.4, -0.2) is 35.6 Å². The van der Waals surface area contributed by atoms with E-state index in [1.807, 2.05) is 13.8 Å². The molecule has 1 aliphatic heterocycles. The van der Waals surface area contributed by atoms with Gasteiger partial charge in [-0.3, -0.25) is 9.59 Å². The van der Waals surface area contributed by atoms with Gasteiger partial charge in [-0.15, -0.1) is 0 Å². The lowest BCUT2D eigenvalue weighted by Crippen LogP contribution is -2.24. The number of hydrogen-bond acceptors (Lipinski definition) is 6. The second-order valence-corrected chi connectivity index (χ2v) is 7.14. The summed E-state index contributed by atoms with van der Waals surface area (Å²) in [7, 11) is 1.57. The maximum atomic E-state index is 12.3. The van der Waals surface area contributed by atoms with Gasteiger partial charge in [0.15, 0.2) is 5.82 Å². The topological polar surface area (TPSA) is 97.6 Å². The monoisotopic (exact) mass is 386 g/mol. The summed E-state index contributed by atoms with van der Waals surface area (Å²) in [6, 6.07) is 5.32. The number of hydrogen-bond donors (Lipinski definition) is 1. The van der Waals surface area contributed by atoms with E-state index in [0.717, 1.165) is 6.42 Å². The molecule has 0 bridgehead atoms. The fourth-order valence-electron chi connectivity index (χ4n) is 3.11. The van der Waals surface area contributed by atoms with Gasteiger partial charge in [-0.25, -0.2) is 0 Å². The highest BCUT2D eigenvalue weighted by atomic mass is 16.5. The molecule has 2 heterocycles. The van der Waals surface area contributed by atoms with E-state index in [1.165, 1.54) is 0 Å². The van der Waals surface area contributed by atoms with E-state index >= 15 is 0 Å². The second kappa shape index (κ2) is 8.86. The van der Waals surface area contributed by atoms with Gasteiger partial charge in [0.25, 0.3) is 0 Å². The summed E-state index contributed by atoms with van der Waals surface area (Å²) >= 11 is 0. The molecule has 1 aromatic carbocycles. The average Bonchev–Trinajstić information content (AvgIpc) is 3.31. The van der Waals surface area contributed by atoms with Gasteiger partial charge in [0.2, 0.25) is 17.7 Å². The van der Waals surface area contributed by atoms with Gasteiger partial charge in [0.1, 0.15) is 5.75 Å². The number of nitrogens with one attached hydrogen (secondary N) is 1. The van der Waals surface area contributed by atoms with E-state index in [-0.39, 0.29) is 17.7 Å². The number of carbonyl (C=O) groups is 2. The third kappa shape index (κ3) is 4.68. The lowest BCUT2D eigenvalue weighted by molar-refractivity contribution is -0.117. The molecule has 1 N–H and O–H groups in total. The van der Waals surface area contributed by atoms with E-state index in [2.05, 4.69) is 15.5 Å². The normalized spacial score (nSPS) is 14.0. The molecule has 8 heteroatoms. The van der Waals surface area contributed by atoms with Crippen molar-refractivity contribution in [3.8, 4) is 5.75 Å². The van der Waals surface area contributed by atoms with Crippen LogP contribution in [0.3, 0.4) is 0 Å². The Hall–Kier alpha value is -2.90. The van der Waals surface area contributed by atoms with Crippen molar-refractivity contribution in [2.45, 2.75) is 51.9 Å². The molecule has 2 amide bonds. The minimum Gasteiger partial charge on any atom is -0.495 e. The Morgan fingerprint density at radius 2 is 2.21 bits per heavy atom. The van der Waals surface area contributed by atoms with Gasteiger partial charge >= 0.3 is 0 Å². The fraction of sp³-hybridized carbons (Fsp3) is 0.500. The molecular formula is C20H26N4O4. The second-order valence-electron chi connectivity index (χ2n) is 7.14. The van der Waals surface area contributed by atoms with Crippen LogP contribution in [-0.2, 0) is 16.0 Å². The number of aryl methyl sites for hydroxylation is 1. The predicted molar refractivity (Wildman–Crippen MR) is 105 cm³/mol. The molecule has 0 atom stereocenters. The first-order valence-electron chi connectivity index (χ1n) is 9.58. The largest absolute Gasteiger partial charge is 0.495 e. The molecule has 150 valence electrons.